The van der Waals surface area contributed by atoms with Crippen LogP contribution in [-0.2, 0) is 11.2 Å². The van der Waals surface area contributed by atoms with Crippen LogP contribution in [0.2, 0.25) is 10.0 Å². The number of hydrogen-bond acceptors (Lipinski definition) is 5. The van der Waals surface area contributed by atoms with E-state index >= 15 is 0 Å². The van der Waals surface area contributed by atoms with Crippen molar-refractivity contribution in [3.05, 3.63) is 51.0 Å². The summed E-state index contributed by atoms with van der Waals surface area (Å²) in [5.74, 6) is 0.738. The third kappa shape index (κ3) is 4.10. The first-order chi connectivity index (χ1) is 11.1. The van der Waals surface area contributed by atoms with Gasteiger partial charge in [-0.05, 0) is 29.6 Å². The lowest BCUT2D eigenvalue weighted by Crippen LogP contribution is -2.12. The molecular weight excluding hydrogens is 357 g/mol. The van der Waals surface area contributed by atoms with E-state index < -0.39 is 0 Å². The van der Waals surface area contributed by atoms with Gasteiger partial charge in [-0.15, -0.1) is 0 Å². The Morgan fingerprint density at radius 3 is 2.96 bits per heavy atom. The summed E-state index contributed by atoms with van der Waals surface area (Å²) in [7, 11) is 0. The Bertz CT molecular complexity index is 818. The lowest BCUT2D eigenvalue weighted by atomic mass is 10.2. The Morgan fingerprint density at radius 2 is 2.17 bits per heavy atom. The molecule has 1 amide bonds. The molecule has 8 heteroatoms. The molecule has 118 valence electrons. The second-order valence-corrected chi connectivity index (χ2v) is 6.32. The molecule has 0 fully saturated rings. The maximum Gasteiger partial charge on any atom is 0.227 e. The Hall–Kier alpha value is -1.89. The van der Waals surface area contributed by atoms with Crippen molar-refractivity contribution in [3.8, 4) is 11.4 Å². The average Bonchev–Trinajstić information content (AvgIpc) is 3.19. The fourth-order valence-electron chi connectivity index (χ4n) is 1.89. The maximum atomic E-state index is 12.0. The minimum atomic E-state index is -0.204. The number of halogens is 2. The van der Waals surface area contributed by atoms with Crippen molar-refractivity contribution in [2.45, 2.75) is 12.8 Å². The second-order valence-electron chi connectivity index (χ2n) is 4.70. The van der Waals surface area contributed by atoms with Gasteiger partial charge in [0.05, 0.1) is 10.7 Å². The van der Waals surface area contributed by atoms with Crippen LogP contribution in [0.3, 0.4) is 0 Å². The second kappa shape index (κ2) is 7.12. The van der Waals surface area contributed by atoms with Crippen LogP contribution in [0.15, 0.2) is 39.5 Å². The van der Waals surface area contributed by atoms with Crippen molar-refractivity contribution in [2.24, 2.45) is 0 Å². The van der Waals surface area contributed by atoms with Gasteiger partial charge in [0.15, 0.2) is 0 Å². The van der Waals surface area contributed by atoms with Crippen LogP contribution in [0.4, 0.5) is 5.69 Å². The highest BCUT2D eigenvalue weighted by molar-refractivity contribution is 7.08. The molecule has 23 heavy (non-hydrogen) atoms. The van der Waals surface area contributed by atoms with Crippen LogP contribution in [0.1, 0.15) is 12.3 Å². The predicted octanol–water partition coefficient (Wildman–Crippen LogP) is 4.68. The SMILES string of the molecule is O=C(CCc1nc(-c2ccsc2)no1)Nc1cc(Cl)ccc1Cl. The van der Waals surface area contributed by atoms with E-state index in [1.807, 2.05) is 16.8 Å². The highest BCUT2D eigenvalue weighted by atomic mass is 35.5. The summed E-state index contributed by atoms with van der Waals surface area (Å²) in [6.45, 7) is 0. The zero-order valence-electron chi connectivity index (χ0n) is 11.8. The van der Waals surface area contributed by atoms with Crippen molar-refractivity contribution in [1.82, 2.24) is 10.1 Å². The number of hydrogen-bond donors (Lipinski definition) is 1. The summed E-state index contributed by atoms with van der Waals surface area (Å²) >= 11 is 13.4. The molecule has 2 heterocycles. The number of rotatable bonds is 5. The predicted molar refractivity (Wildman–Crippen MR) is 91.0 cm³/mol. The third-order valence-corrected chi connectivity index (χ3v) is 4.26. The van der Waals surface area contributed by atoms with E-state index in [0.29, 0.717) is 33.9 Å². The zero-order valence-corrected chi connectivity index (χ0v) is 14.1. The number of thiophene rings is 1. The third-order valence-electron chi connectivity index (χ3n) is 3.02. The fraction of sp³-hybridized carbons (Fsp3) is 0.133. The molecule has 0 radical (unpaired) electrons. The summed E-state index contributed by atoms with van der Waals surface area (Å²) in [5.41, 5.74) is 1.38. The van der Waals surface area contributed by atoms with Gasteiger partial charge >= 0.3 is 0 Å². The van der Waals surface area contributed by atoms with Crippen LogP contribution in [-0.4, -0.2) is 16.0 Å². The zero-order chi connectivity index (χ0) is 16.2. The molecule has 0 aliphatic carbocycles. The summed E-state index contributed by atoms with van der Waals surface area (Å²) in [4.78, 5) is 16.2. The van der Waals surface area contributed by atoms with Crippen LogP contribution < -0.4 is 5.32 Å². The first-order valence-electron chi connectivity index (χ1n) is 6.72. The Balaban J connectivity index is 1.58. The van der Waals surface area contributed by atoms with Gasteiger partial charge in [0.1, 0.15) is 0 Å². The van der Waals surface area contributed by atoms with Crippen molar-refractivity contribution >= 4 is 46.1 Å². The van der Waals surface area contributed by atoms with E-state index in [0.717, 1.165) is 5.56 Å². The molecule has 0 aliphatic rings. The lowest BCUT2D eigenvalue weighted by molar-refractivity contribution is -0.116. The highest BCUT2D eigenvalue weighted by Crippen LogP contribution is 2.25. The fourth-order valence-corrected chi connectivity index (χ4v) is 2.86. The van der Waals surface area contributed by atoms with E-state index in [-0.39, 0.29) is 12.3 Å². The quantitative estimate of drug-likeness (QED) is 0.710. The van der Waals surface area contributed by atoms with Gasteiger partial charge in [0.25, 0.3) is 0 Å². The van der Waals surface area contributed by atoms with Gasteiger partial charge in [-0.2, -0.15) is 16.3 Å². The van der Waals surface area contributed by atoms with Crippen LogP contribution in [0.25, 0.3) is 11.4 Å². The molecule has 5 nitrogen and oxygen atoms in total. The van der Waals surface area contributed by atoms with Gasteiger partial charge in [0, 0.05) is 28.8 Å². The number of carbonyl (C=O) groups is 1. The number of carbonyl (C=O) groups excluding carboxylic acids is 1. The van der Waals surface area contributed by atoms with Gasteiger partial charge in [-0.1, -0.05) is 28.4 Å². The molecule has 3 rings (SSSR count). The summed E-state index contributed by atoms with van der Waals surface area (Å²) < 4.78 is 5.15. The van der Waals surface area contributed by atoms with Crippen LogP contribution in [0.5, 0.6) is 0 Å². The van der Waals surface area contributed by atoms with Crippen molar-refractivity contribution in [1.29, 1.82) is 0 Å². The summed E-state index contributed by atoms with van der Waals surface area (Å²) in [5, 5.41) is 11.4. The van der Waals surface area contributed by atoms with Gasteiger partial charge < -0.3 is 9.84 Å². The number of benzene rings is 1. The molecular formula is C15H11Cl2N3O2S. The molecule has 3 aromatic rings. The Labute approximate surface area is 146 Å². The smallest absolute Gasteiger partial charge is 0.227 e. The number of nitrogens with one attached hydrogen (secondary N) is 1. The summed E-state index contributed by atoms with van der Waals surface area (Å²) in [6.07, 6.45) is 0.551. The number of anilines is 1. The topological polar surface area (TPSA) is 68.0 Å². The van der Waals surface area contributed by atoms with Crippen LogP contribution >= 0.6 is 34.5 Å². The van der Waals surface area contributed by atoms with E-state index in [2.05, 4.69) is 15.5 Å². The number of nitrogens with zero attached hydrogens (tertiary/aromatic N) is 2. The Morgan fingerprint density at radius 1 is 1.30 bits per heavy atom. The molecule has 2 aromatic heterocycles. The standard InChI is InChI=1S/C15H11Cl2N3O2S/c16-10-1-2-11(17)12(7-10)18-13(21)3-4-14-19-15(20-22-14)9-5-6-23-8-9/h1-2,5-8H,3-4H2,(H,18,21). The van der Waals surface area contributed by atoms with Crippen LogP contribution in [0, 0.1) is 0 Å². The normalized spacial score (nSPS) is 10.7. The van der Waals surface area contributed by atoms with Crippen molar-refractivity contribution in [2.75, 3.05) is 5.32 Å². The first kappa shape index (κ1) is 16.0. The Kier molecular flexibility index (Phi) is 4.95. The van der Waals surface area contributed by atoms with Gasteiger partial charge in [-0.25, -0.2) is 0 Å². The minimum Gasteiger partial charge on any atom is -0.339 e. The molecule has 0 saturated carbocycles. The first-order valence-corrected chi connectivity index (χ1v) is 8.42. The average molecular weight is 368 g/mol. The maximum absolute atomic E-state index is 12.0. The van der Waals surface area contributed by atoms with Crippen molar-refractivity contribution < 1.29 is 9.32 Å². The van der Waals surface area contributed by atoms with E-state index in [9.17, 15) is 4.79 Å². The minimum absolute atomic E-state index is 0.202. The van der Waals surface area contributed by atoms with E-state index in [4.69, 9.17) is 27.7 Å². The molecule has 0 aliphatic heterocycles. The van der Waals surface area contributed by atoms with E-state index in [1.54, 1.807) is 29.5 Å². The molecule has 1 aromatic carbocycles. The van der Waals surface area contributed by atoms with E-state index in [1.165, 1.54) is 0 Å². The summed E-state index contributed by atoms with van der Waals surface area (Å²) in [6, 6.07) is 6.80. The molecule has 0 atom stereocenters. The molecule has 0 unspecified atom stereocenters. The molecule has 0 spiro atoms. The van der Waals surface area contributed by atoms with Crippen molar-refractivity contribution in [3.63, 3.8) is 0 Å². The number of aromatic nitrogens is 2. The molecule has 1 N–H and O–H groups in total. The van der Waals surface area contributed by atoms with Gasteiger partial charge in [-0.3, -0.25) is 4.79 Å². The molecule has 0 bridgehead atoms. The number of amides is 1. The monoisotopic (exact) mass is 367 g/mol. The van der Waals surface area contributed by atoms with Gasteiger partial charge in [0.2, 0.25) is 17.6 Å². The largest absolute Gasteiger partial charge is 0.339 e. The number of aryl methyl sites for hydroxylation is 1. The highest BCUT2D eigenvalue weighted by Gasteiger charge is 2.12. The molecule has 0 saturated heterocycles. The lowest BCUT2D eigenvalue weighted by Gasteiger charge is -2.06.